The number of aromatic nitrogens is 1. The third-order valence-electron chi connectivity index (χ3n) is 2.56. The van der Waals surface area contributed by atoms with Crippen LogP contribution >= 0.6 is 11.3 Å². The van der Waals surface area contributed by atoms with Gasteiger partial charge in [-0.05, 0) is 25.5 Å². The number of carbonyl (C=O) groups is 1. The molecular formula is C13H14N2O3S. The molecule has 6 heteroatoms. The largest absolute Gasteiger partial charge is 0.508 e. The third kappa shape index (κ3) is 3.69. The van der Waals surface area contributed by atoms with E-state index in [1.807, 2.05) is 13.0 Å². The van der Waals surface area contributed by atoms with Gasteiger partial charge < -0.3 is 15.5 Å². The van der Waals surface area contributed by atoms with Crippen molar-refractivity contribution in [1.82, 2.24) is 4.98 Å². The first-order chi connectivity index (χ1) is 9.04. The SMILES string of the molecule is Cc1nc(Nc2cccc(O)c2)sc1CCC(=O)O. The Morgan fingerprint density at radius 3 is 2.95 bits per heavy atom. The highest BCUT2D eigenvalue weighted by molar-refractivity contribution is 7.15. The maximum atomic E-state index is 10.6. The van der Waals surface area contributed by atoms with Gasteiger partial charge in [0.05, 0.1) is 12.1 Å². The molecule has 0 fully saturated rings. The number of aryl methyl sites for hydroxylation is 2. The van der Waals surface area contributed by atoms with Crippen molar-refractivity contribution in [2.24, 2.45) is 0 Å². The van der Waals surface area contributed by atoms with E-state index < -0.39 is 5.97 Å². The predicted octanol–water partition coefficient (Wildman–Crippen LogP) is 2.92. The highest BCUT2D eigenvalue weighted by atomic mass is 32.1. The lowest BCUT2D eigenvalue weighted by molar-refractivity contribution is -0.136. The Morgan fingerprint density at radius 1 is 1.47 bits per heavy atom. The van der Waals surface area contributed by atoms with Gasteiger partial charge in [0.2, 0.25) is 0 Å². The van der Waals surface area contributed by atoms with Crippen molar-refractivity contribution in [3.05, 3.63) is 34.8 Å². The maximum Gasteiger partial charge on any atom is 0.303 e. The van der Waals surface area contributed by atoms with Gasteiger partial charge >= 0.3 is 5.97 Å². The molecule has 0 radical (unpaired) electrons. The van der Waals surface area contributed by atoms with Crippen LogP contribution in [0.15, 0.2) is 24.3 Å². The van der Waals surface area contributed by atoms with Crippen molar-refractivity contribution in [2.45, 2.75) is 19.8 Å². The smallest absolute Gasteiger partial charge is 0.303 e. The van der Waals surface area contributed by atoms with Crippen LogP contribution in [0.2, 0.25) is 0 Å². The summed E-state index contributed by atoms with van der Waals surface area (Å²) < 4.78 is 0. The standard InChI is InChI=1S/C13H14N2O3S/c1-8-11(5-6-12(17)18)19-13(14-8)15-9-3-2-4-10(16)7-9/h2-4,7,16H,5-6H2,1H3,(H,14,15)(H,17,18). The van der Waals surface area contributed by atoms with Gasteiger partial charge in [-0.1, -0.05) is 6.07 Å². The minimum atomic E-state index is -0.810. The number of phenols is 1. The molecule has 0 spiro atoms. The van der Waals surface area contributed by atoms with Crippen LogP contribution in [0, 0.1) is 6.92 Å². The van der Waals surface area contributed by atoms with Crippen LogP contribution in [0.5, 0.6) is 5.75 Å². The number of rotatable bonds is 5. The fraction of sp³-hybridized carbons (Fsp3) is 0.231. The number of nitrogens with one attached hydrogen (secondary N) is 1. The van der Waals surface area contributed by atoms with E-state index in [1.165, 1.54) is 11.3 Å². The Morgan fingerprint density at radius 2 is 2.26 bits per heavy atom. The number of thiazole rings is 1. The van der Waals surface area contributed by atoms with Gasteiger partial charge in [-0.25, -0.2) is 4.98 Å². The van der Waals surface area contributed by atoms with E-state index in [4.69, 9.17) is 5.11 Å². The van der Waals surface area contributed by atoms with Crippen molar-refractivity contribution >= 4 is 28.1 Å². The highest BCUT2D eigenvalue weighted by Gasteiger charge is 2.09. The molecule has 2 rings (SSSR count). The van der Waals surface area contributed by atoms with Crippen molar-refractivity contribution in [3.63, 3.8) is 0 Å². The molecule has 2 aromatic rings. The topological polar surface area (TPSA) is 82.5 Å². The molecule has 1 aromatic carbocycles. The van der Waals surface area contributed by atoms with E-state index in [0.717, 1.165) is 16.3 Å². The van der Waals surface area contributed by atoms with E-state index >= 15 is 0 Å². The molecule has 0 saturated heterocycles. The highest BCUT2D eigenvalue weighted by Crippen LogP contribution is 2.27. The molecule has 1 aromatic heterocycles. The molecule has 5 nitrogen and oxygen atoms in total. The lowest BCUT2D eigenvalue weighted by Gasteiger charge is -2.02. The number of carboxylic acid groups (broad SMARTS) is 1. The van der Waals surface area contributed by atoms with E-state index in [0.29, 0.717) is 11.6 Å². The summed E-state index contributed by atoms with van der Waals surface area (Å²) in [6.07, 6.45) is 0.592. The van der Waals surface area contributed by atoms with Crippen LogP contribution in [0.3, 0.4) is 0 Å². The Bertz CT molecular complexity index is 595. The number of aliphatic carboxylic acids is 1. The van der Waals surface area contributed by atoms with Gasteiger partial charge in [-0.3, -0.25) is 4.79 Å². The summed E-state index contributed by atoms with van der Waals surface area (Å²) in [6, 6.07) is 6.76. The average Bonchev–Trinajstić information content (AvgIpc) is 2.67. The number of hydrogen-bond acceptors (Lipinski definition) is 5. The van der Waals surface area contributed by atoms with Crippen LogP contribution in [0.25, 0.3) is 0 Å². The van der Waals surface area contributed by atoms with Crippen molar-refractivity contribution in [3.8, 4) is 5.75 Å². The summed E-state index contributed by atoms with van der Waals surface area (Å²) in [6.45, 7) is 1.86. The fourth-order valence-electron chi connectivity index (χ4n) is 1.64. The molecule has 100 valence electrons. The Kier molecular flexibility index (Phi) is 4.01. The first-order valence-corrected chi connectivity index (χ1v) is 6.60. The zero-order chi connectivity index (χ0) is 13.8. The molecule has 0 aliphatic rings. The third-order valence-corrected chi connectivity index (χ3v) is 3.69. The van der Waals surface area contributed by atoms with Crippen LogP contribution in [-0.4, -0.2) is 21.2 Å². The molecule has 0 unspecified atom stereocenters. The van der Waals surface area contributed by atoms with Gasteiger partial charge in [-0.15, -0.1) is 11.3 Å². The van der Waals surface area contributed by atoms with Crippen molar-refractivity contribution < 1.29 is 15.0 Å². The lowest BCUT2D eigenvalue weighted by Crippen LogP contribution is -1.96. The van der Waals surface area contributed by atoms with Gasteiger partial charge in [0.1, 0.15) is 5.75 Å². The predicted molar refractivity (Wildman–Crippen MR) is 74.2 cm³/mol. The summed E-state index contributed by atoms with van der Waals surface area (Å²) in [5, 5.41) is 21.8. The Hall–Kier alpha value is -2.08. The Balaban J connectivity index is 2.09. The van der Waals surface area contributed by atoms with Gasteiger partial charge in [-0.2, -0.15) is 0 Å². The van der Waals surface area contributed by atoms with Gasteiger partial charge in [0, 0.05) is 16.6 Å². The molecule has 19 heavy (non-hydrogen) atoms. The molecule has 0 amide bonds. The zero-order valence-electron chi connectivity index (χ0n) is 10.4. The monoisotopic (exact) mass is 278 g/mol. The number of carboxylic acids is 1. The fourth-order valence-corrected chi connectivity index (χ4v) is 2.62. The maximum absolute atomic E-state index is 10.6. The van der Waals surface area contributed by atoms with Gasteiger partial charge in [0.15, 0.2) is 5.13 Å². The lowest BCUT2D eigenvalue weighted by atomic mass is 10.2. The number of aromatic hydroxyl groups is 1. The second-order valence-corrected chi connectivity index (χ2v) is 5.18. The minimum Gasteiger partial charge on any atom is -0.508 e. The minimum absolute atomic E-state index is 0.106. The molecule has 0 bridgehead atoms. The molecule has 0 saturated carbocycles. The van der Waals surface area contributed by atoms with Crippen LogP contribution in [0.4, 0.5) is 10.8 Å². The first-order valence-electron chi connectivity index (χ1n) is 5.79. The molecule has 1 heterocycles. The number of anilines is 2. The van der Waals surface area contributed by atoms with Gasteiger partial charge in [0.25, 0.3) is 0 Å². The summed E-state index contributed by atoms with van der Waals surface area (Å²) >= 11 is 1.43. The summed E-state index contributed by atoms with van der Waals surface area (Å²) in [7, 11) is 0. The first kappa shape index (κ1) is 13.4. The zero-order valence-corrected chi connectivity index (χ0v) is 11.2. The van der Waals surface area contributed by atoms with E-state index in [9.17, 15) is 9.90 Å². The summed E-state index contributed by atoms with van der Waals surface area (Å²) in [5.41, 5.74) is 1.59. The van der Waals surface area contributed by atoms with E-state index in [-0.39, 0.29) is 12.2 Å². The molecule has 0 atom stereocenters. The number of hydrogen-bond donors (Lipinski definition) is 3. The summed E-state index contributed by atoms with van der Waals surface area (Å²) in [4.78, 5) is 15.9. The molecule has 0 aliphatic heterocycles. The molecule has 3 N–H and O–H groups in total. The van der Waals surface area contributed by atoms with Crippen LogP contribution < -0.4 is 5.32 Å². The van der Waals surface area contributed by atoms with Crippen molar-refractivity contribution in [2.75, 3.05) is 5.32 Å². The molecular weight excluding hydrogens is 264 g/mol. The quantitative estimate of drug-likeness (QED) is 0.783. The second kappa shape index (κ2) is 5.71. The normalized spacial score (nSPS) is 10.4. The molecule has 0 aliphatic carbocycles. The second-order valence-electron chi connectivity index (χ2n) is 4.10. The van der Waals surface area contributed by atoms with Crippen LogP contribution in [0.1, 0.15) is 17.0 Å². The summed E-state index contributed by atoms with van der Waals surface area (Å²) in [5.74, 6) is -0.625. The Labute approximate surface area is 114 Å². The van der Waals surface area contributed by atoms with Crippen molar-refractivity contribution in [1.29, 1.82) is 0 Å². The average molecular weight is 278 g/mol. The van der Waals surface area contributed by atoms with E-state index in [2.05, 4.69) is 10.3 Å². The van der Waals surface area contributed by atoms with Crippen LogP contribution in [-0.2, 0) is 11.2 Å². The number of phenolic OH excluding ortho intramolecular Hbond substituents is 1. The van der Waals surface area contributed by atoms with E-state index in [1.54, 1.807) is 18.2 Å². The number of benzene rings is 1. The number of nitrogens with zero attached hydrogens (tertiary/aromatic N) is 1.